The molecule has 1 aromatic heterocycles. The van der Waals surface area contributed by atoms with Gasteiger partial charge in [-0.15, -0.1) is 0 Å². The molecule has 2 aromatic rings. The number of piperidine rings is 1. The average Bonchev–Trinajstić information content (AvgIpc) is 3.71. The van der Waals surface area contributed by atoms with Crippen LogP contribution in [0.3, 0.4) is 0 Å². The number of hydrogen-bond donors (Lipinski definition) is 2. The first-order chi connectivity index (χ1) is 17.9. The lowest BCUT2D eigenvalue weighted by Gasteiger charge is -2.44. The summed E-state index contributed by atoms with van der Waals surface area (Å²) in [5, 5.41) is 13.1. The highest BCUT2D eigenvalue weighted by Crippen LogP contribution is 2.46. The van der Waals surface area contributed by atoms with Crippen LogP contribution in [-0.2, 0) is 19.6 Å². The molecule has 206 valence electrons. The number of benzene rings is 1. The van der Waals surface area contributed by atoms with Crippen LogP contribution in [0.15, 0.2) is 42.7 Å². The van der Waals surface area contributed by atoms with Crippen LogP contribution in [-0.4, -0.2) is 47.0 Å². The first-order valence-corrected chi connectivity index (χ1v) is 15.0. The summed E-state index contributed by atoms with van der Waals surface area (Å²) in [4.78, 5) is 28.7. The molecule has 11 heteroatoms. The molecule has 1 amide bonds. The molecule has 4 rings (SSSR count). The number of halogens is 2. The van der Waals surface area contributed by atoms with Gasteiger partial charge in [-0.2, -0.15) is 4.31 Å². The maximum atomic E-state index is 13.4. The van der Waals surface area contributed by atoms with Gasteiger partial charge in [0, 0.05) is 30.4 Å². The number of nitrogens with one attached hydrogen (secondary N) is 1. The molecule has 6 atom stereocenters. The Labute approximate surface area is 233 Å². The molecule has 0 bridgehead atoms. The van der Waals surface area contributed by atoms with Gasteiger partial charge >= 0.3 is 5.97 Å². The van der Waals surface area contributed by atoms with Gasteiger partial charge in [0.15, 0.2) is 0 Å². The molecular formula is C27H33Cl2N3O5S. The lowest BCUT2D eigenvalue weighted by atomic mass is 9.68. The number of carboxylic acids is 1. The second kappa shape index (κ2) is 11.5. The fourth-order valence-electron chi connectivity index (χ4n) is 5.73. The zero-order valence-electron chi connectivity index (χ0n) is 21.6. The van der Waals surface area contributed by atoms with Crippen LogP contribution in [0.5, 0.6) is 0 Å². The maximum absolute atomic E-state index is 13.4. The summed E-state index contributed by atoms with van der Waals surface area (Å²) in [7, 11) is -1.93. The molecule has 0 radical (unpaired) electrons. The van der Waals surface area contributed by atoms with Gasteiger partial charge < -0.3 is 10.4 Å². The largest absolute Gasteiger partial charge is 0.481 e. The van der Waals surface area contributed by atoms with Crippen molar-refractivity contribution < 1.29 is 23.1 Å². The summed E-state index contributed by atoms with van der Waals surface area (Å²) in [6.45, 7) is 4.03. The number of carbonyl (C=O) groups excluding carboxylic acids is 1. The average molecular weight is 583 g/mol. The quantitative estimate of drug-likeness (QED) is 0.403. The second-order valence-corrected chi connectivity index (χ2v) is 13.7. The number of sulfonamides is 1. The number of rotatable bonds is 10. The monoisotopic (exact) mass is 581 g/mol. The number of amides is 1. The molecule has 2 N–H and O–H groups in total. The van der Waals surface area contributed by atoms with Gasteiger partial charge in [-0.05, 0) is 66.3 Å². The topological polar surface area (TPSA) is 117 Å². The zero-order chi connectivity index (χ0) is 27.8. The first kappa shape index (κ1) is 28.8. The summed E-state index contributed by atoms with van der Waals surface area (Å²) in [5.41, 5.74) is 1.55. The fourth-order valence-corrected chi connectivity index (χ4v) is 7.87. The Bertz CT molecular complexity index is 1290. The van der Waals surface area contributed by atoms with Gasteiger partial charge in [-0.1, -0.05) is 49.2 Å². The third-order valence-electron chi connectivity index (χ3n) is 8.11. The molecule has 1 saturated carbocycles. The van der Waals surface area contributed by atoms with Crippen LogP contribution in [0, 0.1) is 23.7 Å². The first-order valence-electron chi connectivity index (χ1n) is 12.7. The third-order valence-corrected chi connectivity index (χ3v) is 10.9. The van der Waals surface area contributed by atoms with Gasteiger partial charge in [0.05, 0.1) is 28.8 Å². The Kier molecular flexibility index (Phi) is 8.71. The minimum Gasteiger partial charge on any atom is -0.481 e. The highest BCUT2D eigenvalue weighted by Gasteiger charge is 2.46. The molecule has 2 fully saturated rings. The number of aromatic nitrogens is 1. The molecule has 1 aromatic carbocycles. The van der Waals surface area contributed by atoms with Crippen LogP contribution in [0.1, 0.15) is 62.7 Å². The summed E-state index contributed by atoms with van der Waals surface area (Å²) >= 11 is 12.4. The standard InChI is InChI=1S/C27H33Cl2N3O5S/c1-15(16(2)26(19-10-21(29)14-30-13-19)32(3)38(36,37)22-8-9-22)23-11-18(12-24(33)34)27(35)31-25(23)17-4-6-20(28)7-5-17/h4-7,10,13-16,18,22-23,25-26H,8-9,11-12H2,1-3H3,(H,31,35)(H,33,34)/t15?,16?,18-,23-,25-,26?/m1/s1. The van der Waals surface area contributed by atoms with Crippen molar-refractivity contribution in [1.29, 1.82) is 0 Å². The number of nitrogens with zero attached hydrogens (tertiary/aromatic N) is 2. The SMILES string of the molecule is CC(C(C)[C@H]1C[C@H](CC(=O)O)C(=O)N[C@@H]1c1ccc(Cl)cc1)C(c1cncc(Cl)c1)N(C)S(=O)(=O)C1CC1. The van der Waals surface area contributed by atoms with Crippen molar-refractivity contribution in [2.24, 2.45) is 23.7 Å². The van der Waals surface area contributed by atoms with E-state index in [1.54, 1.807) is 31.4 Å². The maximum Gasteiger partial charge on any atom is 0.304 e. The van der Waals surface area contributed by atoms with E-state index in [-0.39, 0.29) is 41.4 Å². The summed E-state index contributed by atoms with van der Waals surface area (Å²) < 4.78 is 28.2. The lowest BCUT2D eigenvalue weighted by Crippen LogP contribution is -2.48. The number of aliphatic carboxylic acids is 1. The Hall–Kier alpha value is -2.20. The van der Waals surface area contributed by atoms with E-state index in [1.807, 2.05) is 26.0 Å². The molecule has 8 nitrogen and oxygen atoms in total. The lowest BCUT2D eigenvalue weighted by molar-refractivity contribution is -0.143. The summed E-state index contributed by atoms with van der Waals surface area (Å²) in [6.07, 6.45) is 4.52. The van der Waals surface area contributed by atoms with Crippen LogP contribution in [0.25, 0.3) is 0 Å². The number of carbonyl (C=O) groups is 2. The van der Waals surface area contributed by atoms with Gasteiger partial charge in [-0.25, -0.2) is 8.42 Å². The highest BCUT2D eigenvalue weighted by atomic mass is 35.5. The molecule has 1 aliphatic heterocycles. The molecule has 3 unspecified atom stereocenters. The summed E-state index contributed by atoms with van der Waals surface area (Å²) in [5.74, 6) is -2.54. The van der Waals surface area contributed by atoms with Gasteiger partial charge in [-0.3, -0.25) is 14.6 Å². The number of hydrogen-bond acceptors (Lipinski definition) is 5. The van der Waals surface area contributed by atoms with E-state index in [0.717, 1.165) is 5.56 Å². The van der Waals surface area contributed by atoms with Crippen LogP contribution in [0.4, 0.5) is 0 Å². The normalized spacial score (nSPS) is 24.5. The number of carboxylic acid groups (broad SMARTS) is 1. The van der Waals surface area contributed by atoms with E-state index in [0.29, 0.717) is 34.9 Å². The molecule has 2 aliphatic rings. The molecule has 38 heavy (non-hydrogen) atoms. The van der Waals surface area contributed by atoms with E-state index in [1.165, 1.54) is 10.5 Å². The van der Waals surface area contributed by atoms with Crippen LogP contribution < -0.4 is 5.32 Å². The van der Waals surface area contributed by atoms with Gasteiger partial charge in [0.25, 0.3) is 0 Å². The van der Waals surface area contributed by atoms with Crippen molar-refractivity contribution in [2.45, 2.75) is 56.9 Å². The zero-order valence-corrected chi connectivity index (χ0v) is 23.9. The molecule has 2 heterocycles. The Morgan fingerprint density at radius 3 is 2.39 bits per heavy atom. The molecule has 1 aliphatic carbocycles. The van der Waals surface area contributed by atoms with E-state index in [4.69, 9.17) is 23.2 Å². The van der Waals surface area contributed by atoms with E-state index in [2.05, 4.69) is 10.3 Å². The number of pyridine rings is 1. The Morgan fingerprint density at radius 2 is 1.82 bits per heavy atom. The van der Waals surface area contributed by atoms with Crippen molar-refractivity contribution in [1.82, 2.24) is 14.6 Å². The van der Waals surface area contributed by atoms with E-state index >= 15 is 0 Å². The van der Waals surface area contributed by atoms with Crippen molar-refractivity contribution in [3.05, 3.63) is 63.9 Å². The molecular weight excluding hydrogens is 549 g/mol. The predicted octanol–water partition coefficient (Wildman–Crippen LogP) is 5.09. The third kappa shape index (κ3) is 6.17. The Balaban J connectivity index is 1.73. The van der Waals surface area contributed by atoms with Crippen molar-refractivity contribution in [2.75, 3.05) is 7.05 Å². The van der Waals surface area contributed by atoms with Crippen molar-refractivity contribution in [3.63, 3.8) is 0 Å². The minimum atomic E-state index is -3.54. The van der Waals surface area contributed by atoms with Crippen molar-refractivity contribution in [3.8, 4) is 0 Å². The minimum absolute atomic E-state index is 0.131. The van der Waals surface area contributed by atoms with E-state index < -0.39 is 28.0 Å². The second-order valence-electron chi connectivity index (χ2n) is 10.6. The fraction of sp³-hybridized carbons (Fsp3) is 0.519. The highest BCUT2D eigenvalue weighted by molar-refractivity contribution is 7.90. The van der Waals surface area contributed by atoms with Crippen LogP contribution in [0.2, 0.25) is 10.0 Å². The van der Waals surface area contributed by atoms with Crippen molar-refractivity contribution >= 4 is 45.1 Å². The van der Waals surface area contributed by atoms with Gasteiger partial charge in [0.1, 0.15) is 0 Å². The Morgan fingerprint density at radius 1 is 1.16 bits per heavy atom. The van der Waals surface area contributed by atoms with Crippen LogP contribution >= 0.6 is 23.2 Å². The predicted molar refractivity (Wildman–Crippen MR) is 146 cm³/mol. The smallest absolute Gasteiger partial charge is 0.304 e. The van der Waals surface area contributed by atoms with E-state index in [9.17, 15) is 23.1 Å². The van der Waals surface area contributed by atoms with Gasteiger partial charge in [0.2, 0.25) is 15.9 Å². The molecule has 1 saturated heterocycles. The molecule has 0 spiro atoms. The summed E-state index contributed by atoms with van der Waals surface area (Å²) in [6, 6.07) is 8.04.